The molecule has 2 aliphatic rings. The number of rotatable bonds is 6. The zero-order chi connectivity index (χ0) is 20.5. The van der Waals surface area contributed by atoms with Crippen LogP contribution in [0.5, 0.6) is 17.2 Å². The van der Waals surface area contributed by atoms with E-state index < -0.39 is 6.04 Å². The quantitative estimate of drug-likeness (QED) is 0.717. The molecule has 0 saturated heterocycles. The molecule has 8 nitrogen and oxygen atoms in total. The predicted molar refractivity (Wildman–Crippen MR) is 110 cm³/mol. The van der Waals surface area contributed by atoms with E-state index in [1.165, 1.54) is 0 Å². The Morgan fingerprint density at radius 3 is 2.66 bits per heavy atom. The van der Waals surface area contributed by atoms with Crippen LogP contribution >= 0.6 is 11.8 Å². The van der Waals surface area contributed by atoms with Crippen molar-refractivity contribution in [1.29, 1.82) is 0 Å². The van der Waals surface area contributed by atoms with E-state index in [2.05, 4.69) is 22.3 Å². The Balaban J connectivity index is 1.95. The maximum Gasteiger partial charge on any atom is 0.227 e. The number of benzene rings is 1. The lowest BCUT2D eigenvalue weighted by atomic mass is 9.85. The highest BCUT2D eigenvalue weighted by molar-refractivity contribution is 7.99. The summed E-state index contributed by atoms with van der Waals surface area (Å²) in [5.74, 6) is 3.19. The van der Waals surface area contributed by atoms with Crippen molar-refractivity contribution in [3.05, 3.63) is 29.0 Å². The number of Topliss-reactive ketones (excluding diaryl/α,β-unsaturated/α-hetero) is 1. The number of hydrogen-bond donors (Lipinski definition) is 1. The zero-order valence-electron chi connectivity index (χ0n) is 16.9. The number of methoxy groups -OCH3 is 3. The van der Waals surface area contributed by atoms with Crippen molar-refractivity contribution in [3.8, 4) is 17.2 Å². The van der Waals surface area contributed by atoms with Gasteiger partial charge in [-0.25, -0.2) is 4.68 Å². The molecule has 1 aliphatic carbocycles. The fraction of sp³-hybridized carbons (Fsp3) is 0.450. The van der Waals surface area contributed by atoms with Gasteiger partial charge in [0.15, 0.2) is 17.3 Å². The first kappa shape index (κ1) is 19.6. The maximum absolute atomic E-state index is 13.0. The van der Waals surface area contributed by atoms with Crippen LogP contribution in [0, 0.1) is 0 Å². The van der Waals surface area contributed by atoms with Crippen molar-refractivity contribution < 1.29 is 19.0 Å². The van der Waals surface area contributed by atoms with E-state index in [1.807, 2.05) is 12.1 Å². The van der Waals surface area contributed by atoms with Gasteiger partial charge in [0.2, 0.25) is 16.9 Å². The van der Waals surface area contributed by atoms with Crippen LogP contribution in [-0.4, -0.2) is 47.6 Å². The van der Waals surface area contributed by atoms with Crippen LogP contribution in [-0.2, 0) is 4.79 Å². The lowest BCUT2D eigenvalue weighted by Gasteiger charge is -2.33. The van der Waals surface area contributed by atoms with Crippen molar-refractivity contribution in [1.82, 2.24) is 14.8 Å². The Morgan fingerprint density at radius 1 is 1.17 bits per heavy atom. The van der Waals surface area contributed by atoms with Crippen LogP contribution < -0.4 is 19.5 Å². The van der Waals surface area contributed by atoms with Gasteiger partial charge in [0.25, 0.3) is 0 Å². The summed E-state index contributed by atoms with van der Waals surface area (Å²) in [6.45, 7) is 2.06. The summed E-state index contributed by atoms with van der Waals surface area (Å²) in [6.07, 6.45) is 2.15. The van der Waals surface area contributed by atoms with Gasteiger partial charge in [-0.2, -0.15) is 4.98 Å². The first-order valence-corrected chi connectivity index (χ1v) is 10.5. The van der Waals surface area contributed by atoms with Gasteiger partial charge in [-0.05, 0) is 30.7 Å². The molecule has 1 aromatic carbocycles. The summed E-state index contributed by atoms with van der Waals surface area (Å²) in [6, 6.07) is 3.29. The molecule has 1 atom stereocenters. The first-order chi connectivity index (χ1) is 14.1. The van der Waals surface area contributed by atoms with E-state index in [1.54, 1.807) is 37.8 Å². The molecule has 0 unspecified atom stereocenters. The normalized spacial score (nSPS) is 18.1. The highest BCUT2D eigenvalue weighted by Crippen LogP contribution is 2.48. The zero-order valence-corrected chi connectivity index (χ0v) is 17.8. The van der Waals surface area contributed by atoms with Crippen molar-refractivity contribution in [2.24, 2.45) is 0 Å². The molecular formula is C20H24N4O4S. The number of thioether (sulfide) groups is 1. The van der Waals surface area contributed by atoms with Crippen LogP contribution in [0.4, 0.5) is 5.95 Å². The van der Waals surface area contributed by atoms with Gasteiger partial charge in [-0.15, -0.1) is 5.10 Å². The van der Waals surface area contributed by atoms with Gasteiger partial charge >= 0.3 is 0 Å². The largest absolute Gasteiger partial charge is 0.493 e. The summed E-state index contributed by atoms with van der Waals surface area (Å²) >= 11 is 1.56. The summed E-state index contributed by atoms with van der Waals surface area (Å²) in [5, 5.41) is 8.70. The highest BCUT2D eigenvalue weighted by atomic mass is 32.2. The Kier molecular flexibility index (Phi) is 5.40. The number of nitrogens with zero attached hydrogens (tertiary/aromatic N) is 3. The number of carbonyl (C=O) groups is 1. The number of allylic oxidation sites excluding steroid dienone is 2. The fourth-order valence-corrected chi connectivity index (χ4v) is 4.51. The lowest BCUT2D eigenvalue weighted by molar-refractivity contribution is -0.116. The van der Waals surface area contributed by atoms with E-state index in [-0.39, 0.29) is 5.78 Å². The third-order valence-electron chi connectivity index (χ3n) is 5.15. The lowest BCUT2D eigenvalue weighted by Crippen LogP contribution is -2.31. The minimum atomic E-state index is -0.442. The average Bonchev–Trinajstić information content (AvgIpc) is 3.13. The number of hydrogen-bond acceptors (Lipinski definition) is 8. The molecule has 0 spiro atoms. The van der Waals surface area contributed by atoms with Crippen molar-refractivity contribution >= 4 is 23.5 Å². The molecule has 2 aromatic rings. The summed E-state index contributed by atoms with van der Waals surface area (Å²) in [4.78, 5) is 17.6. The molecule has 0 amide bonds. The van der Waals surface area contributed by atoms with E-state index in [0.717, 1.165) is 29.9 Å². The number of fused-ring (bicyclic) bond motifs is 1. The second-order valence-corrected chi connectivity index (χ2v) is 7.95. The Bertz CT molecular complexity index is 985. The van der Waals surface area contributed by atoms with E-state index in [0.29, 0.717) is 40.3 Å². The number of ether oxygens (including phenoxy) is 3. The van der Waals surface area contributed by atoms with Crippen LogP contribution in [0.3, 0.4) is 0 Å². The molecule has 9 heteroatoms. The molecule has 154 valence electrons. The SMILES string of the molecule is CCSc1nc2n(n1)[C@@H](c1ccc(OC)c(OC)c1OC)C1=C(CCCC1=O)N2. The van der Waals surface area contributed by atoms with Gasteiger partial charge in [0.1, 0.15) is 6.04 Å². The maximum atomic E-state index is 13.0. The molecule has 0 saturated carbocycles. The second kappa shape index (κ2) is 7.98. The standard InChI is InChI=1S/C20H24N4O4S/c1-5-29-20-22-19-21-12-7-6-8-13(25)15(12)16(24(19)23-20)11-9-10-14(26-2)18(28-4)17(11)27-3/h9-10,16H,5-8H2,1-4H3,(H,21,22,23)/t16-/m0/s1. The van der Waals surface area contributed by atoms with Crippen LogP contribution in [0.25, 0.3) is 0 Å². The average molecular weight is 417 g/mol. The summed E-state index contributed by atoms with van der Waals surface area (Å²) < 4.78 is 18.5. The second-order valence-electron chi connectivity index (χ2n) is 6.72. The van der Waals surface area contributed by atoms with Crippen molar-refractivity contribution in [2.75, 3.05) is 32.4 Å². The third kappa shape index (κ3) is 3.23. The fourth-order valence-electron chi connectivity index (χ4n) is 3.95. The van der Waals surface area contributed by atoms with E-state index in [4.69, 9.17) is 14.2 Å². The van der Waals surface area contributed by atoms with Gasteiger partial charge in [-0.3, -0.25) is 4.79 Å². The highest BCUT2D eigenvalue weighted by Gasteiger charge is 2.39. The van der Waals surface area contributed by atoms with E-state index in [9.17, 15) is 4.79 Å². The molecule has 1 N–H and O–H groups in total. The molecule has 1 aliphatic heterocycles. The molecule has 0 bridgehead atoms. The Morgan fingerprint density at radius 2 is 1.97 bits per heavy atom. The number of ketones is 1. The predicted octanol–water partition coefficient (Wildman–Crippen LogP) is 3.44. The number of carbonyl (C=O) groups excluding carboxylic acids is 1. The number of aromatic nitrogens is 3. The van der Waals surface area contributed by atoms with Gasteiger partial charge in [0, 0.05) is 23.3 Å². The van der Waals surface area contributed by atoms with Crippen LogP contribution in [0.1, 0.15) is 37.8 Å². The van der Waals surface area contributed by atoms with Crippen LogP contribution in [0.2, 0.25) is 0 Å². The van der Waals surface area contributed by atoms with E-state index >= 15 is 0 Å². The molecule has 2 heterocycles. The molecule has 0 radical (unpaired) electrons. The topological polar surface area (TPSA) is 87.5 Å². The molecular weight excluding hydrogens is 392 g/mol. The minimum absolute atomic E-state index is 0.117. The smallest absolute Gasteiger partial charge is 0.227 e. The summed E-state index contributed by atoms with van der Waals surface area (Å²) in [5.41, 5.74) is 2.41. The molecule has 0 fully saturated rings. The van der Waals surface area contributed by atoms with Crippen LogP contribution in [0.15, 0.2) is 28.6 Å². The van der Waals surface area contributed by atoms with Gasteiger partial charge in [0.05, 0.1) is 21.3 Å². The first-order valence-electron chi connectivity index (χ1n) is 9.54. The summed E-state index contributed by atoms with van der Waals surface area (Å²) in [7, 11) is 4.73. The van der Waals surface area contributed by atoms with Gasteiger partial charge < -0.3 is 19.5 Å². The number of anilines is 1. The van der Waals surface area contributed by atoms with Gasteiger partial charge in [-0.1, -0.05) is 18.7 Å². The monoisotopic (exact) mass is 416 g/mol. The molecule has 1 aromatic heterocycles. The molecule has 4 rings (SSSR count). The van der Waals surface area contributed by atoms with Crippen molar-refractivity contribution in [2.45, 2.75) is 37.4 Å². The number of nitrogens with one attached hydrogen (secondary N) is 1. The Hall–Kier alpha value is -2.68. The molecule has 29 heavy (non-hydrogen) atoms. The third-order valence-corrected chi connectivity index (χ3v) is 5.87. The minimum Gasteiger partial charge on any atom is -0.493 e. The van der Waals surface area contributed by atoms with Crippen molar-refractivity contribution in [3.63, 3.8) is 0 Å². The Labute approximate surface area is 173 Å².